The van der Waals surface area contributed by atoms with E-state index in [9.17, 15) is 9.59 Å². The Morgan fingerprint density at radius 2 is 2.13 bits per heavy atom. The maximum absolute atomic E-state index is 13.1. The average Bonchev–Trinajstić information content (AvgIpc) is 2.91. The maximum atomic E-state index is 13.1. The van der Waals surface area contributed by atoms with Crippen molar-refractivity contribution in [2.45, 2.75) is 51.5 Å². The van der Waals surface area contributed by atoms with Gasteiger partial charge in [0.15, 0.2) is 5.78 Å². The van der Waals surface area contributed by atoms with Crippen LogP contribution >= 0.6 is 0 Å². The van der Waals surface area contributed by atoms with Crippen LogP contribution in [0.3, 0.4) is 0 Å². The standard InChI is InChI=1S/C18H24N2O3/c1-11-16(17-14(21)5-2-6-15(17)23-11)18(22)20-9-7-13-12(10-20)4-3-8-19-13/h12-13,19H,2-10H2,1H3/t12-,13+/m1/s1. The van der Waals surface area contributed by atoms with Crippen LogP contribution in [-0.4, -0.2) is 42.3 Å². The van der Waals surface area contributed by atoms with Gasteiger partial charge in [0, 0.05) is 32.0 Å². The van der Waals surface area contributed by atoms with Gasteiger partial charge in [0.2, 0.25) is 0 Å². The highest BCUT2D eigenvalue weighted by molar-refractivity contribution is 6.10. The summed E-state index contributed by atoms with van der Waals surface area (Å²) >= 11 is 0. The quantitative estimate of drug-likeness (QED) is 0.864. The zero-order chi connectivity index (χ0) is 16.0. The minimum Gasteiger partial charge on any atom is -0.465 e. The molecule has 0 radical (unpaired) electrons. The van der Waals surface area contributed by atoms with E-state index in [2.05, 4.69) is 5.32 Å². The van der Waals surface area contributed by atoms with Crippen LogP contribution in [0.25, 0.3) is 0 Å². The van der Waals surface area contributed by atoms with Crippen LogP contribution in [0.5, 0.6) is 0 Å². The number of carbonyl (C=O) groups is 2. The fraction of sp³-hybridized carbons (Fsp3) is 0.667. The number of aryl methyl sites for hydroxylation is 2. The number of rotatable bonds is 1. The van der Waals surface area contributed by atoms with Crippen molar-refractivity contribution in [3.05, 3.63) is 22.6 Å². The van der Waals surface area contributed by atoms with Gasteiger partial charge < -0.3 is 14.6 Å². The van der Waals surface area contributed by atoms with Gasteiger partial charge in [0.1, 0.15) is 11.5 Å². The van der Waals surface area contributed by atoms with E-state index < -0.39 is 0 Å². The lowest BCUT2D eigenvalue weighted by Crippen LogP contribution is -2.53. The van der Waals surface area contributed by atoms with Crippen molar-refractivity contribution in [1.82, 2.24) is 10.2 Å². The fourth-order valence-corrected chi connectivity index (χ4v) is 4.45. The van der Waals surface area contributed by atoms with Crippen LogP contribution in [0.15, 0.2) is 4.42 Å². The van der Waals surface area contributed by atoms with Crippen molar-refractivity contribution in [3.8, 4) is 0 Å². The summed E-state index contributed by atoms with van der Waals surface area (Å²) in [6, 6.07) is 0.550. The molecule has 0 aromatic carbocycles. The molecular formula is C18H24N2O3. The van der Waals surface area contributed by atoms with E-state index in [1.54, 1.807) is 0 Å². The number of hydrogen-bond donors (Lipinski definition) is 1. The van der Waals surface area contributed by atoms with Gasteiger partial charge in [-0.05, 0) is 45.1 Å². The number of carbonyl (C=O) groups excluding carboxylic acids is 2. The summed E-state index contributed by atoms with van der Waals surface area (Å²) < 4.78 is 5.75. The molecule has 2 aliphatic heterocycles. The third kappa shape index (κ3) is 2.51. The number of nitrogens with zero attached hydrogens (tertiary/aromatic N) is 1. The Bertz CT molecular complexity index is 649. The van der Waals surface area contributed by atoms with Gasteiger partial charge in [-0.15, -0.1) is 0 Å². The molecule has 1 N–H and O–H groups in total. The highest BCUT2D eigenvalue weighted by Gasteiger charge is 2.37. The summed E-state index contributed by atoms with van der Waals surface area (Å²) in [6.07, 6.45) is 5.49. The molecule has 0 unspecified atom stereocenters. The molecule has 1 aromatic heterocycles. The summed E-state index contributed by atoms with van der Waals surface area (Å²) in [7, 11) is 0. The topological polar surface area (TPSA) is 62.6 Å². The molecule has 5 nitrogen and oxygen atoms in total. The number of furan rings is 1. The van der Waals surface area contributed by atoms with E-state index >= 15 is 0 Å². The van der Waals surface area contributed by atoms with Crippen LogP contribution in [0.4, 0.5) is 0 Å². The van der Waals surface area contributed by atoms with Crippen LogP contribution in [0.2, 0.25) is 0 Å². The van der Waals surface area contributed by atoms with Gasteiger partial charge in [0.05, 0.1) is 11.1 Å². The first-order valence-electron chi connectivity index (χ1n) is 8.83. The van der Waals surface area contributed by atoms with Crippen molar-refractivity contribution in [2.75, 3.05) is 19.6 Å². The first-order chi connectivity index (χ1) is 11.1. The van der Waals surface area contributed by atoms with Gasteiger partial charge in [-0.25, -0.2) is 0 Å². The van der Waals surface area contributed by atoms with E-state index in [1.165, 1.54) is 12.8 Å². The molecule has 0 spiro atoms. The monoisotopic (exact) mass is 316 g/mol. The molecule has 1 amide bonds. The molecule has 2 saturated heterocycles. The molecule has 0 bridgehead atoms. The Kier molecular flexibility index (Phi) is 3.76. The molecule has 2 atom stereocenters. The second-order valence-electron chi connectivity index (χ2n) is 7.11. The predicted molar refractivity (Wildman–Crippen MR) is 85.7 cm³/mol. The van der Waals surface area contributed by atoms with Crippen molar-refractivity contribution < 1.29 is 14.0 Å². The third-order valence-corrected chi connectivity index (χ3v) is 5.64. The maximum Gasteiger partial charge on any atom is 0.258 e. The molecule has 1 aliphatic carbocycles. The number of amides is 1. The van der Waals surface area contributed by atoms with E-state index in [-0.39, 0.29) is 11.7 Å². The van der Waals surface area contributed by atoms with Gasteiger partial charge in [-0.2, -0.15) is 0 Å². The molecule has 4 rings (SSSR count). The van der Waals surface area contributed by atoms with E-state index in [4.69, 9.17) is 4.42 Å². The second-order valence-corrected chi connectivity index (χ2v) is 7.11. The Balaban J connectivity index is 1.60. The number of Topliss-reactive ketones (excluding diaryl/α,β-unsaturated/α-hetero) is 1. The summed E-state index contributed by atoms with van der Waals surface area (Å²) in [4.78, 5) is 27.3. The summed E-state index contributed by atoms with van der Waals surface area (Å²) in [5.74, 6) is 1.93. The zero-order valence-corrected chi connectivity index (χ0v) is 13.7. The molecule has 0 saturated carbocycles. The van der Waals surface area contributed by atoms with Crippen LogP contribution in [0, 0.1) is 12.8 Å². The number of hydrogen-bond acceptors (Lipinski definition) is 4. The summed E-state index contributed by atoms with van der Waals surface area (Å²) in [6.45, 7) is 4.47. The molecule has 124 valence electrons. The largest absolute Gasteiger partial charge is 0.465 e. The number of piperidine rings is 2. The number of likely N-dealkylation sites (tertiary alicyclic amines) is 1. The molecule has 23 heavy (non-hydrogen) atoms. The normalized spacial score (nSPS) is 27.5. The summed E-state index contributed by atoms with van der Waals surface area (Å²) in [5, 5.41) is 3.57. The van der Waals surface area contributed by atoms with Gasteiger partial charge >= 0.3 is 0 Å². The number of fused-ring (bicyclic) bond motifs is 2. The van der Waals surface area contributed by atoms with E-state index in [0.29, 0.717) is 35.3 Å². The van der Waals surface area contributed by atoms with Gasteiger partial charge in [0.25, 0.3) is 5.91 Å². The molecule has 3 heterocycles. The lowest BCUT2D eigenvalue weighted by atomic mass is 9.85. The molecule has 3 aliphatic rings. The highest BCUT2D eigenvalue weighted by atomic mass is 16.3. The minimum absolute atomic E-state index is 0.00762. The van der Waals surface area contributed by atoms with Crippen LogP contribution in [-0.2, 0) is 6.42 Å². The molecule has 2 fully saturated rings. The smallest absolute Gasteiger partial charge is 0.258 e. The lowest BCUT2D eigenvalue weighted by Gasteiger charge is -2.41. The first kappa shape index (κ1) is 14.9. The van der Waals surface area contributed by atoms with E-state index in [0.717, 1.165) is 44.7 Å². The SMILES string of the molecule is Cc1oc2c(c1C(=O)N1CC[C@@H]3NCCC[C@@H]3C1)C(=O)CCC2. The van der Waals surface area contributed by atoms with Crippen molar-refractivity contribution in [2.24, 2.45) is 5.92 Å². The predicted octanol–water partition coefficient (Wildman–Crippen LogP) is 2.32. The number of ketones is 1. The Hall–Kier alpha value is -1.62. The van der Waals surface area contributed by atoms with E-state index in [1.807, 2.05) is 11.8 Å². The molecule has 5 heteroatoms. The minimum atomic E-state index is -0.00762. The van der Waals surface area contributed by atoms with Gasteiger partial charge in [-0.3, -0.25) is 9.59 Å². The number of nitrogens with one attached hydrogen (secondary N) is 1. The van der Waals surface area contributed by atoms with Crippen molar-refractivity contribution in [1.29, 1.82) is 0 Å². The van der Waals surface area contributed by atoms with Crippen molar-refractivity contribution in [3.63, 3.8) is 0 Å². The molecule has 1 aromatic rings. The van der Waals surface area contributed by atoms with Gasteiger partial charge in [-0.1, -0.05) is 0 Å². The van der Waals surface area contributed by atoms with Crippen LogP contribution in [0.1, 0.15) is 64.3 Å². The fourth-order valence-electron chi connectivity index (χ4n) is 4.45. The Labute approximate surface area is 136 Å². The molecular weight excluding hydrogens is 292 g/mol. The zero-order valence-electron chi connectivity index (χ0n) is 13.7. The second kappa shape index (κ2) is 5.78. The third-order valence-electron chi connectivity index (χ3n) is 5.64. The summed E-state index contributed by atoms with van der Waals surface area (Å²) in [5.41, 5.74) is 1.11. The average molecular weight is 316 g/mol. The first-order valence-corrected chi connectivity index (χ1v) is 8.83. The lowest BCUT2D eigenvalue weighted by molar-refractivity contribution is 0.0588. The Morgan fingerprint density at radius 1 is 1.26 bits per heavy atom. The van der Waals surface area contributed by atoms with Crippen molar-refractivity contribution >= 4 is 11.7 Å². The highest BCUT2D eigenvalue weighted by Crippen LogP contribution is 2.32. The van der Waals surface area contributed by atoms with Crippen LogP contribution < -0.4 is 5.32 Å². The Morgan fingerprint density at radius 3 is 3.00 bits per heavy atom.